The van der Waals surface area contributed by atoms with Gasteiger partial charge in [-0.05, 0) is 79.3 Å². The van der Waals surface area contributed by atoms with Crippen molar-refractivity contribution in [3.05, 3.63) is 77.6 Å². The maximum atomic E-state index is 13.5. The Morgan fingerprint density at radius 2 is 1.70 bits per heavy atom. The highest BCUT2D eigenvalue weighted by Crippen LogP contribution is 2.38. The summed E-state index contributed by atoms with van der Waals surface area (Å²) >= 11 is 0. The van der Waals surface area contributed by atoms with E-state index in [1.165, 1.54) is 43.8 Å². The van der Waals surface area contributed by atoms with Gasteiger partial charge in [0.2, 0.25) is 5.91 Å². The molecule has 296 valence electrons. The number of benzene rings is 1. The number of phenolic OH excluding ortho intramolecular Hbond substituents is 1. The van der Waals surface area contributed by atoms with Crippen molar-refractivity contribution in [1.29, 1.82) is 0 Å². The molecule has 3 N–H and O–H groups in total. The zero-order valence-corrected chi connectivity index (χ0v) is 35.9. The fraction of sp³-hybridized carbons (Fsp3) is 0.550. The first-order valence-corrected chi connectivity index (χ1v) is 23.7. The maximum absolute atomic E-state index is 13.5. The van der Waals surface area contributed by atoms with Crippen molar-refractivity contribution in [3.63, 3.8) is 0 Å². The molecular formula is C40H64N2O9Si2. The van der Waals surface area contributed by atoms with Gasteiger partial charge in [-0.3, -0.25) is 9.59 Å². The minimum absolute atomic E-state index is 0.00728. The Morgan fingerprint density at radius 1 is 1.04 bits per heavy atom. The summed E-state index contributed by atoms with van der Waals surface area (Å²) in [5.74, 6) is -2.74. The van der Waals surface area contributed by atoms with Gasteiger partial charge in [-0.2, -0.15) is 0 Å². The lowest BCUT2D eigenvalue weighted by molar-refractivity contribution is -0.139. The first-order valence-electron chi connectivity index (χ1n) is 18.4. The molecule has 0 fully saturated rings. The lowest BCUT2D eigenvalue weighted by Gasteiger charge is -2.39. The number of aromatic hydroxyl groups is 1. The lowest BCUT2D eigenvalue weighted by atomic mass is 10.0. The zero-order valence-electron chi connectivity index (χ0n) is 33.9. The van der Waals surface area contributed by atoms with E-state index >= 15 is 0 Å². The summed E-state index contributed by atoms with van der Waals surface area (Å²) in [5, 5.41) is 26.2. The van der Waals surface area contributed by atoms with Gasteiger partial charge >= 0.3 is 11.9 Å². The van der Waals surface area contributed by atoms with Crippen LogP contribution in [0, 0.1) is 0 Å². The minimum Gasteiger partial charge on any atom is -0.507 e. The molecule has 13 heteroatoms. The number of esters is 1. The number of carboxylic acids is 1. The summed E-state index contributed by atoms with van der Waals surface area (Å²) in [6.45, 7) is 24.1. The molecule has 1 rings (SSSR count). The highest BCUT2D eigenvalue weighted by molar-refractivity contribution is 6.75. The number of phenols is 1. The molecule has 0 bridgehead atoms. The highest BCUT2D eigenvalue weighted by Gasteiger charge is 2.39. The molecule has 0 aliphatic heterocycles. The zero-order chi connectivity index (χ0) is 40.4. The first kappa shape index (κ1) is 47.2. The lowest BCUT2D eigenvalue weighted by Crippen LogP contribution is -2.44. The Hall–Kier alpha value is -3.79. The first-order chi connectivity index (χ1) is 24.7. The average Bonchev–Trinajstić information content (AvgIpc) is 3.07. The highest BCUT2D eigenvalue weighted by atomic mass is 28.4. The Kier molecular flexibility index (Phi) is 20.0. The second-order valence-corrected chi connectivity index (χ2v) is 24.7. The fourth-order valence-corrected chi connectivity index (χ4v) is 10.2. The van der Waals surface area contributed by atoms with Gasteiger partial charge in [-0.25, -0.2) is 4.79 Å². The Morgan fingerprint density at radius 3 is 2.26 bits per heavy atom. The number of allylic oxidation sites excluding steroid dienone is 2. The van der Waals surface area contributed by atoms with Gasteiger partial charge in [0.05, 0.1) is 24.8 Å². The van der Waals surface area contributed by atoms with Crippen LogP contribution in [0.25, 0.3) is 0 Å². The third-order valence-corrected chi connectivity index (χ3v) is 19.6. The Balaban J connectivity index is 3.34. The van der Waals surface area contributed by atoms with E-state index in [-0.39, 0.29) is 41.4 Å². The molecule has 1 aromatic rings. The summed E-state index contributed by atoms with van der Waals surface area (Å²) in [6, 6.07) is 6.87. The van der Waals surface area contributed by atoms with Gasteiger partial charge in [-0.15, -0.1) is 0 Å². The van der Waals surface area contributed by atoms with Crippen LogP contribution in [-0.4, -0.2) is 76.3 Å². The number of nitrogens with zero attached hydrogens (tertiary/aromatic N) is 1. The third-order valence-electron chi connectivity index (χ3n) is 9.80. The van der Waals surface area contributed by atoms with E-state index in [1.54, 1.807) is 12.1 Å². The van der Waals surface area contributed by atoms with Crippen LogP contribution in [0.1, 0.15) is 91.1 Å². The molecule has 0 spiro atoms. The summed E-state index contributed by atoms with van der Waals surface area (Å²) in [4.78, 5) is 41.5. The number of carbonyl (C=O) groups excluding carboxylic acids is 2. The largest absolute Gasteiger partial charge is 0.507 e. The van der Waals surface area contributed by atoms with Crippen LogP contribution < -0.4 is 5.32 Å². The molecule has 0 saturated heterocycles. The second kappa shape index (κ2) is 22.4. The molecule has 1 unspecified atom stereocenters. The smallest absolute Gasteiger partial charge is 0.342 e. The number of carbonyl (C=O) groups is 3. The molecule has 0 heterocycles. The van der Waals surface area contributed by atoms with E-state index in [0.29, 0.717) is 11.1 Å². The van der Waals surface area contributed by atoms with Crippen molar-refractivity contribution in [3.8, 4) is 5.75 Å². The SMILES string of the molecule is CC[Si](CC)(O[C@H](C)/C=C\C(O[Si](C)(C)C(C)(C)C)/C(C)=C\Cc1cccc(O)c1C(=O)O[C@@H](C/C=C/NC(=O)/C=C\C=N\OC)CC(=O)O)C(C)C. The maximum Gasteiger partial charge on any atom is 0.342 e. The summed E-state index contributed by atoms with van der Waals surface area (Å²) < 4.78 is 19.3. The second-order valence-electron chi connectivity index (χ2n) is 15.0. The van der Waals surface area contributed by atoms with Crippen molar-refractivity contribution >= 4 is 40.7 Å². The molecule has 0 radical (unpaired) electrons. The van der Waals surface area contributed by atoms with Crippen molar-refractivity contribution in [2.45, 2.75) is 136 Å². The van der Waals surface area contributed by atoms with Gasteiger partial charge in [0.15, 0.2) is 16.6 Å². The van der Waals surface area contributed by atoms with Gasteiger partial charge in [0, 0.05) is 18.7 Å². The van der Waals surface area contributed by atoms with Crippen LogP contribution in [-0.2, 0) is 34.4 Å². The van der Waals surface area contributed by atoms with Gasteiger partial charge in [-0.1, -0.05) is 90.1 Å². The Bertz CT molecular complexity index is 1490. The number of amides is 1. The molecule has 53 heavy (non-hydrogen) atoms. The molecule has 3 atom stereocenters. The number of nitrogens with one attached hydrogen (secondary N) is 1. The standard InChI is InChI=1S/C40H64N2O9Si2/c1-13-53(14-2,29(3)4)50-31(6)23-25-35(51-52(11,12)40(7,8)9)30(5)22-24-32-18-15-20-34(43)38(32)39(47)49-33(28-37(45)46)19-16-26-41-36(44)21-17-27-42-48-10/h15-18,20-23,25-27,29,31,33,35,43H,13-14,19,24,28H2,1-12H3,(H,41,44)(H,45,46)/b21-17-,25-23-,26-16+,30-22-,42-27+/t31-,33+,35?/m1/s1. The molecule has 11 nitrogen and oxygen atoms in total. The summed E-state index contributed by atoms with van der Waals surface area (Å²) in [6.07, 6.45) is 11.2. The van der Waals surface area contributed by atoms with Crippen LogP contribution in [0.15, 0.2) is 71.6 Å². The molecule has 0 aromatic heterocycles. The monoisotopic (exact) mass is 772 g/mol. The number of oxime groups is 1. The Labute approximate surface area is 319 Å². The average molecular weight is 773 g/mol. The van der Waals surface area contributed by atoms with E-state index in [9.17, 15) is 24.6 Å². The predicted molar refractivity (Wildman–Crippen MR) is 217 cm³/mol. The van der Waals surface area contributed by atoms with Crippen molar-refractivity contribution in [2.75, 3.05) is 7.11 Å². The van der Waals surface area contributed by atoms with E-state index < -0.39 is 47.0 Å². The molecule has 1 aromatic carbocycles. The van der Waals surface area contributed by atoms with Gasteiger partial charge in [0.25, 0.3) is 0 Å². The van der Waals surface area contributed by atoms with Crippen molar-refractivity contribution in [1.82, 2.24) is 5.32 Å². The van der Waals surface area contributed by atoms with E-state index in [2.05, 4.69) is 95.9 Å². The topological polar surface area (TPSA) is 153 Å². The number of carboxylic acid groups (broad SMARTS) is 1. The normalized spacial score (nSPS) is 15.1. The van der Waals surface area contributed by atoms with Crippen LogP contribution in [0.3, 0.4) is 0 Å². The fourth-order valence-electron chi connectivity index (χ4n) is 5.41. The summed E-state index contributed by atoms with van der Waals surface area (Å²) in [7, 11) is -2.75. The molecule has 1 amide bonds. The molecule has 0 aliphatic carbocycles. The van der Waals surface area contributed by atoms with Crippen LogP contribution in [0.5, 0.6) is 5.75 Å². The molecule has 0 saturated carbocycles. The van der Waals surface area contributed by atoms with Gasteiger partial charge < -0.3 is 34.0 Å². The minimum atomic E-state index is -2.22. The van der Waals surface area contributed by atoms with E-state index in [1.807, 2.05) is 13.0 Å². The quantitative estimate of drug-likeness (QED) is 0.0262. The third kappa shape index (κ3) is 16.0. The number of ether oxygens (including phenoxy) is 1. The van der Waals surface area contributed by atoms with E-state index in [0.717, 1.165) is 17.7 Å². The predicted octanol–water partition coefficient (Wildman–Crippen LogP) is 8.84. The number of hydrogen-bond acceptors (Lipinski definition) is 9. The van der Waals surface area contributed by atoms with Crippen molar-refractivity contribution < 1.29 is 43.0 Å². The van der Waals surface area contributed by atoms with Crippen molar-refractivity contribution in [2.24, 2.45) is 5.16 Å². The number of hydrogen-bond donors (Lipinski definition) is 3. The number of aliphatic carboxylic acids is 1. The van der Waals surface area contributed by atoms with Gasteiger partial charge in [0.1, 0.15) is 24.5 Å². The van der Waals surface area contributed by atoms with Crippen LogP contribution in [0.2, 0.25) is 35.8 Å². The van der Waals surface area contributed by atoms with Crippen LogP contribution >= 0.6 is 0 Å². The van der Waals surface area contributed by atoms with E-state index in [4.69, 9.17) is 13.6 Å². The summed E-state index contributed by atoms with van der Waals surface area (Å²) in [5.41, 5.74) is 1.91. The number of rotatable bonds is 22. The van der Waals surface area contributed by atoms with Crippen LogP contribution in [0.4, 0.5) is 0 Å². The molecule has 0 aliphatic rings. The molecular weight excluding hydrogens is 709 g/mol.